The zero-order chi connectivity index (χ0) is 43.7. The summed E-state index contributed by atoms with van der Waals surface area (Å²) in [6.07, 6.45) is 8.48. The number of allylic oxidation sites excluding steroid dienone is 1. The Labute approximate surface area is 366 Å². The lowest BCUT2D eigenvalue weighted by Gasteiger charge is -2.59. The second-order valence-corrected chi connectivity index (χ2v) is 17.6. The molecule has 3 aliphatic rings. The highest BCUT2D eigenvalue weighted by molar-refractivity contribution is 6.03. The Balaban J connectivity index is 1.36. The van der Waals surface area contributed by atoms with Crippen molar-refractivity contribution in [2.24, 2.45) is 22.9 Å². The molecule has 62 heavy (non-hydrogen) atoms. The molecule has 0 aromatic heterocycles. The van der Waals surface area contributed by atoms with Crippen molar-refractivity contribution in [2.75, 3.05) is 26.9 Å². The fourth-order valence-electron chi connectivity index (χ4n) is 9.41. The van der Waals surface area contributed by atoms with E-state index >= 15 is 0 Å². The van der Waals surface area contributed by atoms with Crippen molar-refractivity contribution in [2.45, 2.75) is 95.7 Å². The van der Waals surface area contributed by atoms with Crippen molar-refractivity contribution < 1.29 is 38.8 Å². The lowest BCUT2D eigenvalue weighted by Crippen LogP contribution is -2.69. The zero-order valence-corrected chi connectivity index (χ0v) is 36.6. The van der Waals surface area contributed by atoms with Gasteiger partial charge in [0.15, 0.2) is 0 Å². The molecule has 4 aromatic rings. The SMILES string of the molecule is C=CCO[C@@]12Oc3ccc(Oc4ccc(-c5ccccc5)cc4)cc3[C@H]3[C@H](CCCCO)[C@@H](CCCCO)C=C(C(=NOC(C)(C)C)C[C@@H]1N(C)C(=O)OCc1ccccc1)[C@H]32. The molecular weight excluding hydrogens is 781 g/mol. The number of ether oxygens (including phenoxy) is 4. The Morgan fingerprint density at radius 3 is 2.23 bits per heavy atom. The van der Waals surface area contributed by atoms with E-state index in [1.54, 1.807) is 18.0 Å². The molecule has 0 unspecified atom stereocenters. The van der Waals surface area contributed by atoms with Crippen LogP contribution in [0.25, 0.3) is 11.1 Å². The normalized spacial score (nSPS) is 23.3. The second kappa shape index (κ2) is 20.2. The first kappa shape index (κ1) is 44.6. The van der Waals surface area contributed by atoms with Gasteiger partial charge in [0, 0.05) is 38.2 Å². The maximum Gasteiger partial charge on any atom is 0.410 e. The molecule has 1 saturated carbocycles. The second-order valence-electron chi connectivity index (χ2n) is 17.6. The van der Waals surface area contributed by atoms with Gasteiger partial charge in [-0.05, 0) is 111 Å². The van der Waals surface area contributed by atoms with Gasteiger partial charge in [0.1, 0.15) is 35.5 Å². The Morgan fingerprint density at radius 1 is 0.887 bits per heavy atom. The molecule has 0 radical (unpaired) electrons. The Hall–Kier alpha value is -5.42. The molecule has 0 bridgehead atoms. The van der Waals surface area contributed by atoms with Crippen LogP contribution in [0.3, 0.4) is 0 Å². The number of unbranched alkanes of at least 4 members (excludes halogenated alkanes) is 2. The molecule has 1 amide bonds. The predicted molar refractivity (Wildman–Crippen MR) is 242 cm³/mol. The first-order valence-electron chi connectivity index (χ1n) is 22.1. The van der Waals surface area contributed by atoms with Crippen LogP contribution in [0.1, 0.15) is 82.8 Å². The van der Waals surface area contributed by atoms with Crippen molar-refractivity contribution >= 4 is 11.8 Å². The molecule has 7 rings (SSSR count). The third-order valence-corrected chi connectivity index (χ3v) is 12.2. The summed E-state index contributed by atoms with van der Waals surface area (Å²) in [5.74, 6) is 0.155. The lowest BCUT2D eigenvalue weighted by molar-refractivity contribution is -0.253. The minimum absolute atomic E-state index is 0.0719. The van der Waals surface area contributed by atoms with E-state index in [0.717, 1.165) is 59.2 Å². The van der Waals surface area contributed by atoms with Gasteiger partial charge in [0.05, 0.1) is 18.2 Å². The third-order valence-electron chi connectivity index (χ3n) is 12.2. The monoisotopic (exact) mass is 842 g/mol. The summed E-state index contributed by atoms with van der Waals surface area (Å²) in [6, 6.07) is 33.2. The van der Waals surface area contributed by atoms with Crippen LogP contribution in [0.15, 0.2) is 133 Å². The zero-order valence-electron chi connectivity index (χ0n) is 36.6. The van der Waals surface area contributed by atoms with Gasteiger partial charge in [-0.3, -0.25) is 0 Å². The minimum atomic E-state index is -1.39. The molecule has 1 heterocycles. The molecule has 1 aliphatic heterocycles. The van der Waals surface area contributed by atoms with Crippen LogP contribution in [0.4, 0.5) is 4.79 Å². The van der Waals surface area contributed by atoms with E-state index < -0.39 is 29.4 Å². The number of aliphatic hydroxyl groups is 2. The van der Waals surface area contributed by atoms with E-state index in [1.807, 2.05) is 93.6 Å². The number of carbonyl (C=O) groups is 1. The molecule has 4 aromatic carbocycles. The van der Waals surface area contributed by atoms with E-state index in [-0.39, 0.29) is 50.6 Å². The number of hydrogen-bond acceptors (Lipinski definition) is 9. The van der Waals surface area contributed by atoms with E-state index in [4.69, 9.17) is 28.9 Å². The van der Waals surface area contributed by atoms with Crippen LogP contribution in [0, 0.1) is 17.8 Å². The average molecular weight is 843 g/mol. The first-order chi connectivity index (χ1) is 30.0. The van der Waals surface area contributed by atoms with Crippen LogP contribution in [-0.2, 0) is 20.9 Å². The topological polar surface area (TPSA) is 119 Å². The molecule has 6 atom stereocenters. The van der Waals surface area contributed by atoms with Gasteiger partial charge in [0.25, 0.3) is 0 Å². The van der Waals surface area contributed by atoms with Gasteiger partial charge in [-0.2, -0.15) is 0 Å². The Kier molecular flexibility index (Phi) is 14.5. The standard InChI is InChI=1S/C52H62N2O8/c1-6-31-59-52-47(54(5)50(57)58-35-36-17-9-7-10-18-36)34-45(53-62-51(2,3)4)43-32-39(21-13-15-29-55)42(22-14-16-30-56)48(49(43)52)44-33-41(27-28-46(44)61-52)60-40-25-23-38(24-26-40)37-19-11-8-12-20-37/h6-12,17-20,23-28,32-33,39,42,47-49,55-56H,1,13-16,21-22,29-31,34-35H2,2-5H3/t39-,42+,47-,48+,49+,52+/m0/s1. The quantitative estimate of drug-likeness (QED) is 0.0577. The van der Waals surface area contributed by atoms with E-state index in [9.17, 15) is 15.0 Å². The predicted octanol–water partition coefficient (Wildman–Crippen LogP) is 10.8. The maximum absolute atomic E-state index is 14.2. The van der Waals surface area contributed by atoms with Crippen molar-refractivity contribution in [1.29, 1.82) is 0 Å². The fraction of sp³-hybridized carbons (Fsp3) is 0.423. The van der Waals surface area contributed by atoms with Crippen molar-refractivity contribution in [1.82, 2.24) is 4.90 Å². The van der Waals surface area contributed by atoms with Gasteiger partial charge in [0.2, 0.25) is 5.79 Å². The molecule has 10 heteroatoms. The van der Waals surface area contributed by atoms with Gasteiger partial charge in [-0.15, -0.1) is 6.58 Å². The van der Waals surface area contributed by atoms with Crippen LogP contribution in [0.5, 0.6) is 17.2 Å². The molecule has 10 nitrogen and oxygen atoms in total. The van der Waals surface area contributed by atoms with E-state index in [1.165, 1.54) is 0 Å². The van der Waals surface area contributed by atoms with Gasteiger partial charge in [-0.1, -0.05) is 103 Å². The Bertz CT molecular complexity index is 2170. The summed E-state index contributed by atoms with van der Waals surface area (Å²) < 4.78 is 26.9. The van der Waals surface area contributed by atoms with Crippen LogP contribution >= 0.6 is 0 Å². The van der Waals surface area contributed by atoms with Gasteiger partial charge >= 0.3 is 6.09 Å². The van der Waals surface area contributed by atoms with Crippen molar-refractivity contribution in [3.05, 3.63) is 139 Å². The smallest absolute Gasteiger partial charge is 0.410 e. The number of hydrogen-bond donors (Lipinski definition) is 2. The minimum Gasteiger partial charge on any atom is -0.459 e. The molecule has 2 aliphatic carbocycles. The summed E-state index contributed by atoms with van der Waals surface area (Å²) >= 11 is 0. The summed E-state index contributed by atoms with van der Waals surface area (Å²) in [5.41, 5.74) is 5.18. The molecule has 1 fully saturated rings. The number of likely N-dealkylation sites (N-methyl/N-ethyl adjacent to an activating group) is 1. The number of nitrogens with zero attached hydrogens (tertiary/aromatic N) is 2. The number of benzene rings is 4. The molecule has 0 saturated heterocycles. The highest BCUT2D eigenvalue weighted by Crippen LogP contribution is 2.62. The van der Waals surface area contributed by atoms with Gasteiger partial charge in [-0.25, -0.2) is 4.79 Å². The number of oxime groups is 1. The third kappa shape index (κ3) is 10.1. The van der Waals surface area contributed by atoms with E-state index in [0.29, 0.717) is 30.1 Å². The number of fused-ring (bicyclic) bond motifs is 2. The van der Waals surface area contributed by atoms with E-state index in [2.05, 4.69) is 43.0 Å². The summed E-state index contributed by atoms with van der Waals surface area (Å²) in [7, 11) is 1.74. The lowest BCUT2D eigenvalue weighted by atomic mass is 9.55. The highest BCUT2D eigenvalue weighted by atomic mass is 16.7. The van der Waals surface area contributed by atoms with Crippen LogP contribution < -0.4 is 9.47 Å². The first-order valence-corrected chi connectivity index (χ1v) is 22.1. The van der Waals surface area contributed by atoms with Crippen LogP contribution in [0.2, 0.25) is 0 Å². The molecular formula is C52H62N2O8. The average Bonchev–Trinajstić information content (AvgIpc) is 3.28. The number of amides is 1. The molecule has 0 spiro atoms. The molecule has 328 valence electrons. The maximum atomic E-state index is 14.2. The number of carbonyl (C=O) groups excluding carboxylic acids is 1. The summed E-state index contributed by atoms with van der Waals surface area (Å²) in [4.78, 5) is 22.0. The van der Waals surface area contributed by atoms with Crippen molar-refractivity contribution in [3.63, 3.8) is 0 Å². The molecule has 2 N–H and O–H groups in total. The van der Waals surface area contributed by atoms with Gasteiger partial charge < -0.3 is 38.9 Å². The number of aliphatic hydroxyl groups excluding tert-OH is 2. The van der Waals surface area contributed by atoms with Crippen LogP contribution in [-0.4, -0.2) is 71.2 Å². The Morgan fingerprint density at radius 2 is 1.55 bits per heavy atom. The largest absolute Gasteiger partial charge is 0.459 e. The number of rotatable bonds is 18. The van der Waals surface area contributed by atoms with Crippen molar-refractivity contribution in [3.8, 4) is 28.4 Å². The fourth-order valence-corrected chi connectivity index (χ4v) is 9.41. The highest BCUT2D eigenvalue weighted by Gasteiger charge is 2.65. The summed E-state index contributed by atoms with van der Waals surface area (Å²) in [5, 5.41) is 24.8. The summed E-state index contributed by atoms with van der Waals surface area (Å²) in [6.45, 7) is 10.4.